The average Bonchev–Trinajstić information content (AvgIpc) is 2.50. The number of rotatable bonds is 5. The maximum Gasteiger partial charge on any atom is 0.227 e. The Morgan fingerprint density at radius 2 is 2.00 bits per heavy atom. The molecule has 1 aromatic rings. The van der Waals surface area contributed by atoms with Crippen LogP contribution >= 0.6 is 0 Å². The fourth-order valence-electron chi connectivity index (χ4n) is 2.62. The molecule has 2 rings (SSSR count). The lowest BCUT2D eigenvalue weighted by atomic mass is 10.1. The molecule has 1 amide bonds. The molecule has 1 heterocycles. The topological polar surface area (TPSA) is 53.0 Å². The van der Waals surface area contributed by atoms with Crippen LogP contribution < -0.4 is 4.74 Å². The Morgan fingerprint density at radius 3 is 2.62 bits per heavy atom. The molecule has 1 aliphatic heterocycles. The molecular formula is C16H24N2O3. The third kappa shape index (κ3) is 4.19. The summed E-state index contributed by atoms with van der Waals surface area (Å²) in [5.74, 6) is 0.984. The van der Waals surface area contributed by atoms with Crippen molar-refractivity contribution in [2.45, 2.75) is 13.3 Å². The van der Waals surface area contributed by atoms with Gasteiger partial charge >= 0.3 is 0 Å². The van der Waals surface area contributed by atoms with Crippen molar-refractivity contribution >= 4 is 5.91 Å². The number of ether oxygens (including phenoxy) is 1. The fourth-order valence-corrected chi connectivity index (χ4v) is 2.62. The van der Waals surface area contributed by atoms with Crippen LogP contribution in [0.25, 0.3) is 0 Å². The number of carbonyl (C=O) groups excluding carboxylic acids is 1. The highest BCUT2D eigenvalue weighted by molar-refractivity contribution is 5.79. The highest BCUT2D eigenvalue weighted by Crippen LogP contribution is 2.19. The van der Waals surface area contributed by atoms with Crippen LogP contribution in [0.15, 0.2) is 18.2 Å². The lowest BCUT2D eigenvalue weighted by molar-refractivity contribution is -0.132. The molecule has 21 heavy (non-hydrogen) atoms. The maximum absolute atomic E-state index is 12.3. The number of methoxy groups -OCH3 is 1. The van der Waals surface area contributed by atoms with Gasteiger partial charge in [-0.25, -0.2) is 0 Å². The first kappa shape index (κ1) is 15.8. The summed E-state index contributed by atoms with van der Waals surface area (Å²) in [7, 11) is 1.65. The Bertz CT molecular complexity index is 482. The van der Waals surface area contributed by atoms with Crippen molar-refractivity contribution in [2.75, 3.05) is 46.4 Å². The maximum atomic E-state index is 12.3. The second-order valence-corrected chi connectivity index (χ2v) is 5.43. The summed E-state index contributed by atoms with van der Waals surface area (Å²) in [6.45, 7) is 6.01. The van der Waals surface area contributed by atoms with Crippen molar-refractivity contribution < 1.29 is 14.6 Å². The van der Waals surface area contributed by atoms with E-state index in [4.69, 9.17) is 9.84 Å². The van der Waals surface area contributed by atoms with E-state index in [9.17, 15) is 4.79 Å². The van der Waals surface area contributed by atoms with Crippen LogP contribution in [0.4, 0.5) is 0 Å². The number of β-amino-alcohol motifs (C(OH)–C–C–N with tert-alkyl or cyclic N) is 1. The first-order chi connectivity index (χ1) is 10.1. The van der Waals surface area contributed by atoms with Gasteiger partial charge in [0.1, 0.15) is 5.75 Å². The van der Waals surface area contributed by atoms with E-state index in [-0.39, 0.29) is 12.5 Å². The van der Waals surface area contributed by atoms with Crippen LogP contribution in [0.1, 0.15) is 11.1 Å². The van der Waals surface area contributed by atoms with E-state index in [1.807, 2.05) is 30.0 Å². The van der Waals surface area contributed by atoms with Crippen molar-refractivity contribution in [1.82, 2.24) is 9.80 Å². The van der Waals surface area contributed by atoms with Gasteiger partial charge in [0.15, 0.2) is 0 Å². The van der Waals surface area contributed by atoms with Gasteiger partial charge in [0.05, 0.1) is 20.1 Å². The minimum atomic E-state index is 0.157. The van der Waals surface area contributed by atoms with Crippen LogP contribution in [-0.2, 0) is 11.2 Å². The van der Waals surface area contributed by atoms with Crippen LogP contribution in [0.3, 0.4) is 0 Å². The predicted octanol–water partition coefficient (Wildman–Crippen LogP) is 0.683. The number of nitrogens with zero attached hydrogens (tertiary/aromatic N) is 2. The number of aliphatic hydroxyl groups is 1. The molecule has 5 heteroatoms. The molecule has 0 atom stereocenters. The van der Waals surface area contributed by atoms with E-state index in [0.29, 0.717) is 13.0 Å². The first-order valence-corrected chi connectivity index (χ1v) is 7.38. The normalized spacial score (nSPS) is 16.0. The van der Waals surface area contributed by atoms with E-state index in [1.165, 1.54) is 0 Å². The molecular weight excluding hydrogens is 268 g/mol. The zero-order valence-corrected chi connectivity index (χ0v) is 12.8. The van der Waals surface area contributed by atoms with Gasteiger partial charge in [0, 0.05) is 32.7 Å². The summed E-state index contributed by atoms with van der Waals surface area (Å²) in [6, 6.07) is 5.91. The first-order valence-electron chi connectivity index (χ1n) is 7.38. The summed E-state index contributed by atoms with van der Waals surface area (Å²) in [4.78, 5) is 16.4. The number of carbonyl (C=O) groups is 1. The van der Waals surface area contributed by atoms with Gasteiger partial charge in [-0.1, -0.05) is 12.1 Å². The summed E-state index contributed by atoms with van der Waals surface area (Å²) >= 11 is 0. The van der Waals surface area contributed by atoms with Gasteiger partial charge in [-0.2, -0.15) is 0 Å². The van der Waals surface area contributed by atoms with Crippen LogP contribution in [-0.4, -0.2) is 67.3 Å². The zero-order valence-electron chi connectivity index (χ0n) is 12.8. The van der Waals surface area contributed by atoms with Gasteiger partial charge in [0.25, 0.3) is 0 Å². The van der Waals surface area contributed by atoms with E-state index in [2.05, 4.69) is 4.90 Å². The molecule has 1 N–H and O–H groups in total. The summed E-state index contributed by atoms with van der Waals surface area (Å²) < 4.78 is 5.30. The number of hydrogen-bond acceptors (Lipinski definition) is 4. The van der Waals surface area contributed by atoms with Gasteiger partial charge in [0.2, 0.25) is 5.91 Å². The molecule has 1 aromatic carbocycles. The van der Waals surface area contributed by atoms with Gasteiger partial charge < -0.3 is 14.7 Å². The Hall–Kier alpha value is -1.59. The number of benzene rings is 1. The van der Waals surface area contributed by atoms with Crippen LogP contribution in [0.2, 0.25) is 0 Å². The third-order valence-electron chi connectivity index (χ3n) is 3.97. The van der Waals surface area contributed by atoms with Crippen molar-refractivity contribution in [3.63, 3.8) is 0 Å². The monoisotopic (exact) mass is 292 g/mol. The molecule has 0 spiro atoms. The average molecular weight is 292 g/mol. The largest absolute Gasteiger partial charge is 0.496 e. The van der Waals surface area contributed by atoms with Crippen molar-refractivity contribution in [3.05, 3.63) is 29.3 Å². The van der Waals surface area contributed by atoms with E-state index in [0.717, 1.165) is 43.1 Å². The number of aryl methyl sites for hydroxylation is 1. The minimum absolute atomic E-state index is 0.157. The molecule has 0 aromatic heterocycles. The molecule has 1 saturated heterocycles. The lowest BCUT2D eigenvalue weighted by Crippen LogP contribution is -2.49. The van der Waals surface area contributed by atoms with E-state index < -0.39 is 0 Å². The number of aliphatic hydroxyl groups excluding tert-OH is 1. The SMILES string of the molecule is COc1cc(CC(=O)N2CCN(CCO)CC2)ccc1C. The Balaban J connectivity index is 1.90. The molecule has 1 aliphatic rings. The molecule has 116 valence electrons. The minimum Gasteiger partial charge on any atom is -0.496 e. The molecule has 0 radical (unpaired) electrons. The highest BCUT2D eigenvalue weighted by atomic mass is 16.5. The zero-order chi connectivity index (χ0) is 15.2. The Labute approximate surface area is 126 Å². The van der Waals surface area contributed by atoms with Crippen molar-refractivity contribution in [1.29, 1.82) is 0 Å². The lowest BCUT2D eigenvalue weighted by Gasteiger charge is -2.34. The Morgan fingerprint density at radius 1 is 1.29 bits per heavy atom. The van der Waals surface area contributed by atoms with Crippen LogP contribution in [0, 0.1) is 6.92 Å². The van der Waals surface area contributed by atoms with E-state index >= 15 is 0 Å². The second kappa shape index (κ2) is 7.43. The molecule has 0 unspecified atom stereocenters. The van der Waals surface area contributed by atoms with Crippen molar-refractivity contribution in [3.8, 4) is 5.75 Å². The number of piperazine rings is 1. The molecule has 0 aliphatic carbocycles. The number of hydrogen-bond donors (Lipinski definition) is 1. The third-order valence-corrected chi connectivity index (χ3v) is 3.97. The van der Waals surface area contributed by atoms with Crippen LogP contribution in [0.5, 0.6) is 5.75 Å². The quantitative estimate of drug-likeness (QED) is 0.867. The number of amides is 1. The molecule has 0 bridgehead atoms. The van der Waals surface area contributed by atoms with Crippen molar-refractivity contribution in [2.24, 2.45) is 0 Å². The van der Waals surface area contributed by atoms with Gasteiger partial charge in [-0.05, 0) is 24.1 Å². The second-order valence-electron chi connectivity index (χ2n) is 5.43. The summed E-state index contributed by atoms with van der Waals surface area (Å²) in [6.07, 6.45) is 0.413. The van der Waals surface area contributed by atoms with E-state index in [1.54, 1.807) is 7.11 Å². The molecule has 5 nitrogen and oxygen atoms in total. The predicted molar refractivity (Wildman–Crippen MR) is 81.5 cm³/mol. The Kier molecular flexibility index (Phi) is 5.59. The standard InChI is InChI=1S/C16H24N2O3/c1-13-3-4-14(11-15(13)21-2)12-16(20)18-7-5-17(6-8-18)9-10-19/h3-4,11,19H,5-10,12H2,1-2H3. The fraction of sp³-hybridized carbons (Fsp3) is 0.562. The summed E-state index contributed by atoms with van der Waals surface area (Å²) in [5, 5.41) is 8.93. The smallest absolute Gasteiger partial charge is 0.227 e. The van der Waals surface area contributed by atoms with Gasteiger partial charge in [-0.15, -0.1) is 0 Å². The van der Waals surface area contributed by atoms with Gasteiger partial charge in [-0.3, -0.25) is 9.69 Å². The molecule has 1 fully saturated rings. The highest BCUT2D eigenvalue weighted by Gasteiger charge is 2.20. The summed E-state index contributed by atoms with van der Waals surface area (Å²) in [5.41, 5.74) is 2.06. The molecule has 0 saturated carbocycles.